The Balaban J connectivity index is 1.81. The third-order valence-corrected chi connectivity index (χ3v) is 6.70. The number of thioether (sulfide) groups is 1. The number of carbonyl (C=O) groups excluding carboxylic acids is 1. The van der Waals surface area contributed by atoms with E-state index in [0.717, 1.165) is 41.8 Å². The lowest BCUT2D eigenvalue weighted by molar-refractivity contribution is -0.122. The zero-order chi connectivity index (χ0) is 19.7. The fourth-order valence-corrected chi connectivity index (χ4v) is 5.18. The molecule has 2 aliphatic heterocycles. The van der Waals surface area contributed by atoms with Crippen LogP contribution in [-0.4, -0.2) is 39.7 Å². The van der Waals surface area contributed by atoms with Crippen LogP contribution < -0.4 is 4.90 Å². The van der Waals surface area contributed by atoms with Gasteiger partial charge in [0.2, 0.25) is 0 Å². The molecule has 1 aromatic heterocycles. The van der Waals surface area contributed by atoms with Gasteiger partial charge in [0.05, 0.1) is 10.4 Å². The molecule has 1 amide bonds. The maximum atomic E-state index is 12.8. The summed E-state index contributed by atoms with van der Waals surface area (Å²) in [5.74, 6) is 1.01. The molecule has 2 aliphatic rings. The van der Waals surface area contributed by atoms with Gasteiger partial charge in [-0.3, -0.25) is 9.69 Å². The normalized spacial score (nSPS) is 19.3. The number of fused-ring (bicyclic) bond motifs is 1. The van der Waals surface area contributed by atoms with Crippen LogP contribution in [0.25, 0.3) is 17.0 Å². The Morgan fingerprint density at radius 3 is 2.79 bits per heavy atom. The number of pyridine rings is 1. The minimum atomic E-state index is 0.0192. The number of benzene rings is 1. The van der Waals surface area contributed by atoms with E-state index < -0.39 is 0 Å². The summed E-state index contributed by atoms with van der Waals surface area (Å²) in [5, 5.41) is 1.11. The highest BCUT2D eigenvalue weighted by atomic mass is 32.2. The first-order valence-electron chi connectivity index (χ1n) is 9.99. The minimum absolute atomic E-state index is 0.0192. The number of carbonyl (C=O) groups is 1. The molecule has 3 heterocycles. The summed E-state index contributed by atoms with van der Waals surface area (Å²) in [6.07, 6.45) is 6.54. The van der Waals surface area contributed by atoms with Gasteiger partial charge in [-0.05, 0) is 50.3 Å². The third kappa shape index (κ3) is 3.67. The highest BCUT2D eigenvalue weighted by molar-refractivity contribution is 8.26. The monoisotopic (exact) mass is 411 g/mol. The van der Waals surface area contributed by atoms with Crippen LogP contribution >= 0.6 is 24.0 Å². The Kier molecular flexibility index (Phi) is 5.69. The summed E-state index contributed by atoms with van der Waals surface area (Å²) in [6.45, 7) is 6.87. The number of piperidine rings is 1. The number of aromatic nitrogens is 1. The number of anilines is 1. The Bertz CT molecular complexity index is 964. The number of hydrogen-bond acceptors (Lipinski definition) is 5. The van der Waals surface area contributed by atoms with Crippen LogP contribution in [-0.2, 0) is 4.79 Å². The Morgan fingerprint density at radius 2 is 2.04 bits per heavy atom. The zero-order valence-electron chi connectivity index (χ0n) is 16.4. The molecule has 4 nitrogen and oxygen atoms in total. The standard InChI is InChI=1S/C22H25N3OS2/c1-3-10-25-21(26)18(28-22(25)27)14-17-13-16-9-7-8-15(2)19(16)23-20(17)24-11-5-4-6-12-24/h7-9,13-14H,3-6,10-12H2,1-2H3/b18-14-. The molecule has 0 atom stereocenters. The van der Waals surface area contributed by atoms with Gasteiger partial charge in [-0.15, -0.1) is 0 Å². The predicted molar refractivity (Wildman–Crippen MR) is 123 cm³/mol. The lowest BCUT2D eigenvalue weighted by Gasteiger charge is -2.29. The number of aryl methyl sites for hydroxylation is 1. The van der Waals surface area contributed by atoms with Crippen molar-refractivity contribution in [3.8, 4) is 0 Å². The maximum Gasteiger partial charge on any atom is 0.266 e. The topological polar surface area (TPSA) is 36.4 Å². The van der Waals surface area contributed by atoms with Crippen LogP contribution in [0.1, 0.15) is 43.7 Å². The summed E-state index contributed by atoms with van der Waals surface area (Å²) in [7, 11) is 0. The van der Waals surface area contributed by atoms with E-state index in [2.05, 4.69) is 43.0 Å². The molecule has 0 unspecified atom stereocenters. The molecule has 0 aliphatic carbocycles. The van der Waals surface area contributed by atoms with Crippen molar-refractivity contribution in [2.75, 3.05) is 24.5 Å². The Morgan fingerprint density at radius 1 is 1.25 bits per heavy atom. The quantitative estimate of drug-likeness (QED) is 0.514. The predicted octanol–water partition coefficient (Wildman–Crippen LogP) is 5.14. The van der Waals surface area contributed by atoms with Gasteiger partial charge in [0.15, 0.2) is 0 Å². The van der Waals surface area contributed by atoms with Crippen molar-refractivity contribution < 1.29 is 4.79 Å². The Labute approximate surface area is 176 Å². The molecule has 28 heavy (non-hydrogen) atoms. The highest BCUT2D eigenvalue weighted by Gasteiger charge is 2.31. The van der Waals surface area contributed by atoms with Gasteiger partial charge in [0.25, 0.3) is 5.91 Å². The second kappa shape index (κ2) is 8.21. The number of amides is 1. The number of rotatable bonds is 4. The second-order valence-corrected chi connectivity index (χ2v) is 9.10. The van der Waals surface area contributed by atoms with Crippen LogP contribution in [0.4, 0.5) is 5.82 Å². The molecule has 6 heteroatoms. The molecule has 146 valence electrons. The van der Waals surface area contributed by atoms with Crippen LogP contribution in [0.5, 0.6) is 0 Å². The maximum absolute atomic E-state index is 12.8. The van der Waals surface area contributed by atoms with E-state index in [1.54, 1.807) is 4.90 Å². The van der Waals surface area contributed by atoms with Crippen molar-refractivity contribution in [2.45, 2.75) is 39.5 Å². The van der Waals surface area contributed by atoms with E-state index in [0.29, 0.717) is 15.8 Å². The number of para-hydroxylation sites is 1. The van der Waals surface area contributed by atoms with E-state index in [1.807, 2.05) is 6.08 Å². The van der Waals surface area contributed by atoms with Crippen LogP contribution in [0, 0.1) is 6.92 Å². The lowest BCUT2D eigenvalue weighted by Crippen LogP contribution is -2.31. The average molecular weight is 412 g/mol. The minimum Gasteiger partial charge on any atom is -0.356 e. The summed E-state index contributed by atoms with van der Waals surface area (Å²) >= 11 is 6.83. The van der Waals surface area contributed by atoms with Gasteiger partial charge in [-0.25, -0.2) is 4.98 Å². The summed E-state index contributed by atoms with van der Waals surface area (Å²) < 4.78 is 0.655. The van der Waals surface area contributed by atoms with Crippen LogP contribution in [0.15, 0.2) is 29.2 Å². The molecule has 0 saturated carbocycles. The van der Waals surface area contributed by atoms with Gasteiger partial charge < -0.3 is 4.90 Å². The molecule has 0 radical (unpaired) electrons. The first-order chi connectivity index (χ1) is 13.6. The Hall–Kier alpha value is -1.92. The largest absolute Gasteiger partial charge is 0.356 e. The van der Waals surface area contributed by atoms with Gasteiger partial charge in [-0.1, -0.05) is 49.1 Å². The van der Waals surface area contributed by atoms with Crippen molar-refractivity contribution in [1.29, 1.82) is 0 Å². The molecule has 2 saturated heterocycles. The van der Waals surface area contributed by atoms with Crippen molar-refractivity contribution in [3.05, 3.63) is 40.3 Å². The van der Waals surface area contributed by atoms with E-state index in [9.17, 15) is 4.79 Å². The van der Waals surface area contributed by atoms with E-state index >= 15 is 0 Å². The average Bonchev–Trinajstić information content (AvgIpc) is 2.96. The fourth-order valence-electron chi connectivity index (χ4n) is 3.88. The molecular formula is C22H25N3OS2. The summed E-state index contributed by atoms with van der Waals surface area (Å²) in [4.78, 5) is 22.7. The molecular weight excluding hydrogens is 386 g/mol. The van der Waals surface area contributed by atoms with E-state index in [1.165, 1.54) is 36.6 Å². The molecule has 1 aromatic carbocycles. The summed E-state index contributed by atoms with van der Waals surface area (Å²) in [6, 6.07) is 8.43. The first kappa shape index (κ1) is 19.4. The van der Waals surface area contributed by atoms with Crippen molar-refractivity contribution >= 4 is 57.0 Å². The molecule has 4 rings (SSSR count). The first-order valence-corrected chi connectivity index (χ1v) is 11.2. The van der Waals surface area contributed by atoms with Crippen LogP contribution in [0.3, 0.4) is 0 Å². The van der Waals surface area contributed by atoms with E-state index in [-0.39, 0.29) is 5.91 Å². The summed E-state index contributed by atoms with van der Waals surface area (Å²) in [5.41, 5.74) is 3.23. The SMILES string of the molecule is CCCN1C(=O)/C(=C/c2cc3cccc(C)c3nc2N2CCCCC2)SC1=S. The van der Waals surface area contributed by atoms with Gasteiger partial charge >= 0.3 is 0 Å². The molecule has 2 aromatic rings. The van der Waals surface area contributed by atoms with Crippen molar-refractivity contribution in [2.24, 2.45) is 0 Å². The zero-order valence-corrected chi connectivity index (χ0v) is 18.0. The van der Waals surface area contributed by atoms with Crippen molar-refractivity contribution in [1.82, 2.24) is 9.88 Å². The van der Waals surface area contributed by atoms with E-state index in [4.69, 9.17) is 17.2 Å². The molecule has 0 spiro atoms. The number of hydrogen-bond donors (Lipinski definition) is 0. The van der Waals surface area contributed by atoms with Gasteiger partial charge in [0, 0.05) is 30.6 Å². The van der Waals surface area contributed by atoms with Crippen molar-refractivity contribution in [3.63, 3.8) is 0 Å². The van der Waals surface area contributed by atoms with Gasteiger partial charge in [0.1, 0.15) is 10.1 Å². The molecule has 2 fully saturated rings. The number of thiocarbonyl (C=S) groups is 1. The molecule has 0 N–H and O–H groups in total. The molecule has 0 bridgehead atoms. The smallest absolute Gasteiger partial charge is 0.266 e. The second-order valence-electron chi connectivity index (χ2n) is 7.43. The van der Waals surface area contributed by atoms with Gasteiger partial charge in [-0.2, -0.15) is 0 Å². The van der Waals surface area contributed by atoms with Crippen LogP contribution in [0.2, 0.25) is 0 Å². The number of nitrogens with zero attached hydrogens (tertiary/aromatic N) is 3. The highest BCUT2D eigenvalue weighted by Crippen LogP contribution is 2.35. The third-order valence-electron chi connectivity index (χ3n) is 5.32. The fraction of sp³-hybridized carbons (Fsp3) is 0.409. The lowest BCUT2D eigenvalue weighted by atomic mass is 10.1.